The van der Waals surface area contributed by atoms with Crippen LogP contribution in [-0.2, 0) is 9.59 Å². The van der Waals surface area contributed by atoms with Crippen LogP contribution in [0.1, 0.15) is 57.9 Å². The summed E-state index contributed by atoms with van der Waals surface area (Å²) in [6, 6.07) is 5.43. The first-order valence-corrected chi connectivity index (χ1v) is 11.1. The lowest BCUT2D eigenvalue weighted by Gasteiger charge is -2.33. The van der Waals surface area contributed by atoms with Crippen LogP contribution < -0.4 is 9.47 Å². The lowest BCUT2D eigenvalue weighted by Crippen LogP contribution is -2.39. The van der Waals surface area contributed by atoms with E-state index in [0.717, 1.165) is 51.6 Å². The van der Waals surface area contributed by atoms with Gasteiger partial charge < -0.3 is 14.4 Å². The number of ether oxygens (including phenoxy) is 2. The lowest BCUT2D eigenvalue weighted by atomic mass is 9.97. The fourth-order valence-electron chi connectivity index (χ4n) is 4.40. The summed E-state index contributed by atoms with van der Waals surface area (Å²) in [5.41, 5.74) is 1.75. The van der Waals surface area contributed by atoms with Crippen LogP contribution in [0.3, 0.4) is 0 Å². The number of nitrogens with zero attached hydrogens (tertiary/aromatic N) is 2. The van der Waals surface area contributed by atoms with Crippen molar-refractivity contribution in [3.63, 3.8) is 0 Å². The molecule has 0 spiro atoms. The fourth-order valence-corrected chi connectivity index (χ4v) is 4.40. The van der Waals surface area contributed by atoms with Crippen molar-refractivity contribution >= 4 is 17.4 Å². The zero-order valence-corrected chi connectivity index (χ0v) is 18.7. The second-order valence-corrected chi connectivity index (χ2v) is 8.31. The summed E-state index contributed by atoms with van der Waals surface area (Å²) < 4.78 is 10.8. The highest BCUT2D eigenvalue weighted by atomic mass is 16.5. The third-order valence-electron chi connectivity index (χ3n) is 6.02. The Morgan fingerprint density at radius 1 is 1.03 bits per heavy atom. The van der Waals surface area contributed by atoms with Gasteiger partial charge in [0.25, 0.3) is 11.8 Å². The van der Waals surface area contributed by atoms with Crippen molar-refractivity contribution in [1.29, 1.82) is 0 Å². The number of imide groups is 1. The minimum Gasteiger partial charge on any atom is -0.493 e. The van der Waals surface area contributed by atoms with Gasteiger partial charge in [0.2, 0.25) is 0 Å². The highest BCUT2D eigenvalue weighted by Crippen LogP contribution is 2.37. The maximum absolute atomic E-state index is 13.4. The lowest BCUT2D eigenvalue weighted by molar-refractivity contribution is -0.137. The van der Waals surface area contributed by atoms with Gasteiger partial charge in [-0.25, -0.2) is 0 Å². The molecule has 3 rings (SSSR count). The molecule has 1 aromatic carbocycles. The van der Waals surface area contributed by atoms with Crippen LogP contribution in [0.15, 0.2) is 23.9 Å². The van der Waals surface area contributed by atoms with E-state index in [2.05, 4.69) is 18.7 Å². The molecule has 6 nitrogen and oxygen atoms in total. The van der Waals surface area contributed by atoms with Gasteiger partial charge in [-0.3, -0.25) is 14.5 Å². The number of carbonyl (C=O) groups excluding carboxylic acids is 2. The van der Waals surface area contributed by atoms with Crippen molar-refractivity contribution in [2.75, 3.05) is 33.9 Å². The molecule has 2 heterocycles. The summed E-state index contributed by atoms with van der Waals surface area (Å²) in [6.07, 6.45) is 6.28. The van der Waals surface area contributed by atoms with Gasteiger partial charge in [0.15, 0.2) is 11.5 Å². The summed E-state index contributed by atoms with van der Waals surface area (Å²) in [5.74, 6) is 1.30. The predicted octanol–water partition coefficient (Wildman–Crippen LogP) is 4.10. The van der Waals surface area contributed by atoms with Crippen molar-refractivity contribution in [2.24, 2.45) is 5.92 Å². The Bertz CT molecular complexity index is 817. The number of likely N-dealkylation sites (tertiary alicyclic amines) is 1. The predicted molar refractivity (Wildman–Crippen MR) is 117 cm³/mol. The van der Waals surface area contributed by atoms with Gasteiger partial charge in [-0.1, -0.05) is 39.2 Å². The second-order valence-electron chi connectivity index (χ2n) is 8.31. The molecule has 0 saturated carbocycles. The van der Waals surface area contributed by atoms with Crippen LogP contribution in [0, 0.1) is 5.92 Å². The summed E-state index contributed by atoms with van der Waals surface area (Å²) in [6.45, 7) is 6.43. The molecule has 2 aliphatic rings. The minimum atomic E-state index is -0.197. The molecule has 1 unspecified atom stereocenters. The van der Waals surface area contributed by atoms with Gasteiger partial charge in [-0.05, 0) is 42.9 Å². The summed E-state index contributed by atoms with van der Waals surface area (Å²) in [5, 5.41) is 0. The van der Waals surface area contributed by atoms with Crippen LogP contribution in [0.4, 0.5) is 0 Å². The van der Waals surface area contributed by atoms with E-state index in [9.17, 15) is 9.59 Å². The van der Waals surface area contributed by atoms with Gasteiger partial charge in [0.1, 0.15) is 5.70 Å². The molecule has 1 fully saturated rings. The van der Waals surface area contributed by atoms with Crippen molar-refractivity contribution in [1.82, 2.24) is 9.80 Å². The smallest absolute Gasteiger partial charge is 0.277 e. The maximum Gasteiger partial charge on any atom is 0.277 e. The van der Waals surface area contributed by atoms with Crippen molar-refractivity contribution < 1.29 is 19.1 Å². The number of rotatable bonds is 9. The Hall–Kier alpha value is -2.50. The molecule has 2 aliphatic heterocycles. The van der Waals surface area contributed by atoms with Gasteiger partial charge in [-0.2, -0.15) is 0 Å². The molecule has 1 atom stereocenters. The van der Waals surface area contributed by atoms with Gasteiger partial charge in [0, 0.05) is 19.6 Å². The van der Waals surface area contributed by atoms with E-state index in [1.807, 2.05) is 6.07 Å². The van der Waals surface area contributed by atoms with E-state index in [1.165, 1.54) is 4.90 Å². The van der Waals surface area contributed by atoms with E-state index in [-0.39, 0.29) is 11.8 Å². The first kappa shape index (κ1) is 22.2. The highest BCUT2D eigenvalue weighted by molar-refractivity contribution is 6.35. The SMILES string of the molecule is CCCCCCN1C(=O)C(c2ccc(OC)c(OC)c2)=C(N2CCCC(C)C2)C1=O. The number of hydrogen-bond acceptors (Lipinski definition) is 5. The van der Waals surface area contributed by atoms with Crippen molar-refractivity contribution in [3.05, 3.63) is 29.5 Å². The topological polar surface area (TPSA) is 59.1 Å². The molecule has 1 aromatic rings. The molecule has 0 bridgehead atoms. The van der Waals surface area contributed by atoms with Gasteiger partial charge in [0.05, 0.1) is 19.8 Å². The normalized spacial score (nSPS) is 19.7. The molecular formula is C24H34N2O4. The van der Waals surface area contributed by atoms with Crippen LogP contribution in [0.25, 0.3) is 5.57 Å². The molecule has 6 heteroatoms. The Morgan fingerprint density at radius 2 is 1.80 bits per heavy atom. The molecule has 0 radical (unpaired) electrons. The minimum absolute atomic E-state index is 0.157. The largest absolute Gasteiger partial charge is 0.493 e. The number of hydrogen-bond donors (Lipinski definition) is 0. The van der Waals surface area contributed by atoms with Crippen LogP contribution >= 0.6 is 0 Å². The summed E-state index contributed by atoms with van der Waals surface area (Å²) in [7, 11) is 3.16. The molecule has 30 heavy (non-hydrogen) atoms. The van der Waals surface area contributed by atoms with E-state index in [1.54, 1.807) is 26.4 Å². The number of amides is 2. The van der Waals surface area contributed by atoms with E-state index >= 15 is 0 Å². The van der Waals surface area contributed by atoms with E-state index < -0.39 is 0 Å². The standard InChI is InChI=1S/C24H34N2O4/c1-5-6-7-8-14-26-23(27)21(18-11-12-19(29-3)20(15-18)30-4)22(24(26)28)25-13-9-10-17(2)16-25/h11-12,15,17H,5-10,13-14,16H2,1-4H3. The molecule has 1 saturated heterocycles. The molecular weight excluding hydrogens is 380 g/mol. The maximum atomic E-state index is 13.4. The number of methoxy groups -OCH3 is 2. The zero-order chi connectivity index (χ0) is 21.7. The number of unbranched alkanes of at least 4 members (excludes halogenated alkanes) is 3. The summed E-state index contributed by atoms with van der Waals surface area (Å²) in [4.78, 5) is 30.4. The van der Waals surface area contributed by atoms with Crippen LogP contribution in [0.5, 0.6) is 11.5 Å². The van der Waals surface area contributed by atoms with Crippen LogP contribution in [-0.4, -0.2) is 55.5 Å². The monoisotopic (exact) mass is 414 g/mol. The van der Waals surface area contributed by atoms with Gasteiger partial charge >= 0.3 is 0 Å². The van der Waals surface area contributed by atoms with Crippen molar-refractivity contribution in [3.8, 4) is 11.5 Å². The van der Waals surface area contributed by atoms with E-state index in [0.29, 0.717) is 40.8 Å². The fraction of sp³-hybridized carbons (Fsp3) is 0.583. The first-order valence-electron chi connectivity index (χ1n) is 11.1. The molecule has 164 valence electrons. The second kappa shape index (κ2) is 10.0. The van der Waals surface area contributed by atoms with E-state index in [4.69, 9.17) is 9.47 Å². The van der Waals surface area contributed by atoms with Gasteiger partial charge in [-0.15, -0.1) is 0 Å². The average molecular weight is 415 g/mol. The first-order chi connectivity index (χ1) is 14.5. The number of benzene rings is 1. The third-order valence-corrected chi connectivity index (χ3v) is 6.02. The number of piperidine rings is 1. The molecule has 0 N–H and O–H groups in total. The number of carbonyl (C=O) groups is 2. The highest BCUT2D eigenvalue weighted by Gasteiger charge is 2.42. The molecule has 0 aliphatic carbocycles. The van der Waals surface area contributed by atoms with Crippen molar-refractivity contribution in [2.45, 2.75) is 52.4 Å². The average Bonchev–Trinajstić information content (AvgIpc) is 3.00. The summed E-state index contributed by atoms with van der Waals surface area (Å²) >= 11 is 0. The Labute approximate surface area is 179 Å². The zero-order valence-electron chi connectivity index (χ0n) is 18.7. The van der Waals surface area contributed by atoms with Crippen LogP contribution in [0.2, 0.25) is 0 Å². The Morgan fingerprint density at radius 3 is 2.47 bits per heavy atom. The quantitative estimate of drug-likeness (QED) is 0.450. The Balaban J connectivity index is 1.99. The Kier molecular flexibility index (Phi) is 7.40. The third kappa shape index (κ3) is 4.47. The molecule has 0 aromatic heterocycles. The molecule has 2 amide bonds.